The van der Waals surface area contributed by atoms with Crippen LogP contribution in [0.3, 0.4) is 0 Å². The quantitative estimate of drug-likeness (QED) is 0.365. The number of benzene rings is 4. The molecule has 0 aliphatic carbocycles. The molecule has 2 N–H and O–H groups in total. The predicted molar refractivity (Wildman–Crippen MR) is 138 cm³/mol. The van der Waals surface area contributed by atoms with Gasteiger partial charge in [0.05, 0.1) is 12.5 Å². The zero-order chi connectivity index (χ0) is 25.4. The Balaban J connectivity index is 1.37. The van der Waals surface area contributed by atoms with Gasteiger partial charge in [-0.25, -0.2) is 0 Å². The average Bonchev–Trinajstić information content (AvgIpc) is 3.38. The maximum Gasteiger partial charge on any atom is 0.231 e. The summed E-state index contributed by atoms with van der Waals surface area (Å²) in [5.74, 6) is 2.52. The van der Waals surface area contributed by atoms with Crippen molar-refractivity contribution in [3.05, 3.63) is 101 Å². The van der Waals surface area contributed by atoms with Gasteiger partial charge in [0.1, 0.15) is 24.0 Å². The summed E-state index contributed by atoms with van der Waals surface area (Å²) in [6, 6.07) is 25.9. The Morgan fingerprint density at radius 3 is 2.57 bits per heavy atom. The number of hydrogen-bond donors (Lipinski definition) is 1. The van der Waals surface area contributed by atoms with Crippen molar-refractivity contribution in [2.24, 2.45) is 5.73 Å². The van der Waals surface area contributed by atoms with Gasteiger partial charge >= 0.3 is 0 Å². The SMILES string of the molecule is CCOc1cc([C@@H]2C(C#N)=C(N)Oc3cc4c(cc32)OCO4)ccc1OCc1cccc2ccccc12. The van der Waals surface area contributed by atoms with Crippen molar-refractivity contribution in [1.29, 1.82) is 5.26 Å². The smallest absolute Gasteiger partial charge is 0.231 e. The summed E-state index contributed by atoms with van der Waals surface area (Å²) in [6.45, 7) is 2.90. The highest BCUT2D eigenvalue weighted by molar-refractivity contribution is 5.85. The van der Waals surface area contributed by atoms with Crippen molar-refractivity contribution in [2.75, 3.05) is 13.4 Å². The lowest BCUT2D eigenvalue weighted by molar-refractivity contribution is 0.174. The van der Waals surface area contributed by atoms with E-state index in [1.807, 2.05) is 49.4 Å². The molecule has 2 heterocycles. The first-order valence-corrected chi connectivity index (χ1v) is 12.0. The van der Waals surface area contributed by atoms with E-state index in [0.29, 0.717) is 47.5 Å². The van der Waals surface area contributed by atoms with Gasteiger partial charge in [0.2, 0.25) is 12.7 Å². The van der Waals surface area contributed by atoms with Crippen molar-refractivity contribution in [3.63, 3.8) is 0 Å². The third-order valence-corrected chi connectivity index (χ3v) is 6.57. The molecule has 4 aromatic carbocycles. The van der Waals surface area contributed by atoms with E-state index in [9.17, 15) is 5.26 Å². The standard InChI is InChI=1S/C30H24N2O5/c1-2-33-26-12-19(10-11-24(26)34-16-20-8-5-7-18-6-3-4-9-21(18)20)29-22-13-27-28(36-17-35-27)14-25(22)37-30(32)23(29)15-31/h3-14,29H,2,16-17,32H2,1H3/t29-/m0/s1. The molecular formula is C30H24N2O5. The fourth-order valence-corrected chi connectivity index (χ4v) is 4.86. The van der Waals surface area contributed by atoms with E-state index in [-0.39, 0.29) is 12.7 Å². The molecular weight excluding hydrogens is 468 g/mol. The van der Waals surface area contributed by atoms with Gasteiger partial charge in [0.15, 0.2) is 23.0 Å². The Hall–Kier alpha value is -4.83. The van der Waals surface area contributed by atoms with E-state index in [0.717, 1.165) is 27.5 Å². The fraction of sp³-hybridized carbons (Fsp3) is 0.167. The molecule has 0 unspecified atom stereocenters. The lowest BCUT2D eigenvalue weighted by atomic mass is 9.83. The van der Waals surface area contributed by atoms with Crippen LogP contribution in [0.25, 0.3) is 10.8 Å². The van der Waals surface area contributed by atoms with Gasteiger partial charge in [-0.05, 0) is 47.0 Å². The number of allylic oxidation sites excluding steroid dienone is 1. The number of nitriles is 1. The Morgan fingerprint density at radius 1 is 0.919 bits per heavy atom. The topological polar surface area (TPSA) is 96.0 Å². The number of rotatable bonds is 6. The molecule has 1 atom stereocenters. The normalized spacial score (nSPS) is 15.6. The van der Waals surface area contributed by atoms with E-state index in [2.05, 4.69) is 30.3 Å². The first-order chi connectivity index (χ1) is 18.2. The van der Waals surface area contributed by atoms with Crippen molar-refractivity contribution in [1.82, 2.24) is 0 Å². The van der Waals surface area contributed by atoms with E-state index in [1.165, 1.54) is 0 Å². The van der Waals surface area contributed by atoms with E-state index in [4.69, 9.17) is 29.4 Å². The Labute approximate surface area is 214 Å². The molecule has 0 saturated carbocycles. The second-order valence-corrected chi connectivity index (χ2v) is 8.73. The van der Waals surface area contributed by atoms with Gasteiger partial charge in [-0.1, -0.05) is 48.5 Å². The fourth-order valence-electron chi connectivity index (χ4n) is 4.86. The molecule has 0 bridgehead atoms. The molecule has 184 valence electrons. The third kappa shape index (κ3) is 4.03. The monoisotopic (exact) mass is 492 g/mol. The molecule has 0 fully saturated rings. The third-order valence-electron chi connectivity index (χ3n) is 6.57. The highest BCUT2D eigenvalue weighted by Crippen LogP contribution is 2.48. The lowest BCUT2D eigenvalue weighted by Gasteiger charge is -2.27. The number of fused-ring (bicyclic) bond motifs is 3. The Bertz CT molecular complexity index is 1580. The molecule has 0 spiro atoms. The summed E-state index contributed by atoms with van der Waals surface area (Å²) in [7, 11) is 0. The van der Waals surface area contributed by atoms with Gasteiger partial charge in [-0.3, -0.25) is 0 Å². The molecule has 0 amide bonds. The van der Waals surface area contributed by atoms with Crippen LogP contribution in [-0.4, -0.2) is 13.4 Å². The lowest BCUT2D eigenvalue weighted by Crippen LogP contribution is -2.21. The number of ether oxygens (including phenoxy) is 5. The van der Waals surface area contributed by atoms with Crippen LogP contribution in [0.2, 0.25) is 0 Å². The first kappa shape index (κ1) is 22.6. The molecule has 4 aromatic rings. The minimum absolute atomic E-state index is 0.0631. The molecule has 7 heteroatoms. The molecule has 2 aliphatic heterocycles. The minimum atomic E-state index is -0.463. The summed E-state index contributed by atoms with van der Waals surface area (Å²) < 4.78 is 29.1. The van der Waals surface area contributed by atoms with Crippen LogP contribution in [0.15, 0.2) is 84.3 Å². The van der Waals surface area contributed by atoms with E-state index in [1.54, 1.807) is 6.07 Å². The maximum atomic E-state index is 9.96. The molecule has 0 saturated heterocycles. The van der Waals surface area contributed by atoms with Gasteiger partial charge in [0.25, 0.3) is 0 Å². The summed E-state index contributed by atoms with van der Waals surface area (Å²) in [5.41, 5.74) is 9.16. The van der Waals surface area contributed by atoms with E-state index >= 15 is 0 Å². The summed E-state index contributed by atoms with van der Waals surface area (Å²) in [5, 5.41) is 12.3. The van der Waals surface area contributed by atoms with Gasteiger partial charge in [-0.15, -0.1) is 0 Å². The summed E-state index contributed by atoms with van der Waals surface area (Å²) in [6.07, 6.45) is 0. The zero-order valence-corrected chi connectivity index (χ0v) is 20.2. The highest BCUT2D eigenvalue weighted by Gasteiger charge is 2.33. The van der Waals surface area contributed by atoms with E-state index < -0.39 is 5.92 Å². The zero-order valence-electron chi connectivity index (χ0n) is 20.2. The molecule has 2 aliphatic rings. The number of nitrogens with zero attached hydrogens (tertiary/aromatic N) is 1. The second kappa shape index (κ2) is 9.32. The Kier molecular flexibility index (Phi) is 5.70. The van der Waals surface area contributed by atoms with Crippen LogP contribution in [0.5, 0.6) is 28.7 Å². The van der Waals surface area contributed by atoms with Crippen LogP contribution in [0.1, 0.15) is 29.5 Å². The summed E-state index contributed by atoms with van der Waals surface area (Å²) >= 11 is 0. The molecule has 0 radical (unpaired) electrons. The summed E-state index contributed by atoms with van der Waals surface area (Å²) in [4.78, 5) is 0. The van der Waals surface area contributed by atoms with Crippen molar-refractivity contribution >= 4 is 10.8 Å². The van der Waals surface area contributed by atoms with Crippen LogP contribution in [0.4, 0.5) is 0 Å². The van der Waals surface area contributed by atoms with Crippen molar-refractivity contribution < 1.29 is 23.7 Å². The van der Waals surface area contributed by atoms with Gasteiger partial charge in [-0.2, -0.15) is 5.26 Å². The maximum absolute atomic E-state index is 9.96. The first-order valence-electron chi connectivity index (χ1n) is 12.0. The van der Waals surface area contributed by atoms with Gasteiger partial charge in [0, 0.05) is 11.6 Å². The number of hydrogen-bond acceptors (Lipinski definition) is 7. The Morgan fingerprint density at radius 2 is 1.73 bits per heavy atom. The largest absolute Gasteiger partial charge is 0.490 e. The molecule has 6 rings (SSSR count). The van der Waals surface area contributed by atoms with Crippen molar-refractivity contribution in [2.45, 2.75) is 19.4 Å². The van der Waals surface area contributed by atoms with Crippen LogP contribution >= 0.6 is 0 Å². The average molecular weight is 493 g/mol. The molecule has 37 heavy (non-hydrogen) atoms. The molecule has 7 nitrogen and oxygen atoms in total. The molecule has 0 aromatic heterocycles. The van der Waals surface area contributed by atoms with Gasteiger partial charge < -0.3 is 29.4 Å². The van der Waals surface area contributed by atoms with Crippen molar-refractivity contribution in [3.8, 4) is 34.8 Å². The van der Waals surface area contributed by atoms with Crippen LogP contribution in [-0.2, 0) is 6.61 Å². The number of nitrogens with two attached hydrogens (primary N) is 1. The second-order valence-electron chi connectivity index (χ2n) is 8.73. The minimum Gasteiger partial charge on any atom is -0.490 e. The highest BCUT2D eigenvalue weighted by atomic mass is 16.7. The predicted octanol–water partition coefficient (Wildman–Crippen LogP) is 5.76. The van der Waals surface area contributed by atoms with Crippen LogP contribution < -0.4 is 29.4 Å². The van der Waals surface area contributed by atoms with Crippen LogP contribution in [0, 0.1) is 11.3 Å².